The first-order chi connectivity index (χ1) is 11.1. The maximum absolute atomic E-state index is 10.8. The number of alkyl halides is 1. The summed E-state index contributed by atoms with van der Waals surface area (Å²) in [4.78, 5) is 10.5. The third-order valence-corrected chi connectivity index (χ3v) is 3.94. The van der Waals surface area contributed by atoms with Gasteiger partial charge in [-0.05, 0) is 41.7 Å². The Labute approximate surface area is 139 Å². The monoisotopic (exact) mass is 335 g/mol. The number of benzene rings is 2. The predicted molar refractivity (Wildman–Crippen MR) is 89.6 cm³/mol. The van der Waals surface area contributed by atoms with Crippen LogP contribution in [0, 0.1) is 10.1 Å². The molecular weight excluding hydrogens is 318 g/mol. The Balaban J connectivity index is 2.22. The molecule has 5 nitrogen and oxygen atoms in total. The second kappa shape index (κ2) is 7.83. The first-order valence-corrected chi connectivity index (χ1v) is 7.65. The van der Waals surface area contributed by atoms with E-state index in [-0.39, 0.29) is 10.6 Å². The Hall–Kier alpha value is -2.27. The van der Waals surface area contributed by atoms with Crippen LogP contribution in [-0.2, 0) is 18.7 Å². The van der Waals surface area contributed by atoms with Crippen LogP contribution in [0.4, 0.5) is 5.69 Å². The SMILES string of the molecule is COc1cc(CCl)c(CCc2cccc([N+](=O)[O-])c2)cc1OC. The fraction of sp³-hybridized carbons (Fsp3) is 0.294. The molecule has 23 heavy (non-hydrogen) atoms. The number of aryl methyl sites for hydroxylation is 2. The lowest BCUT2D eigenvalue weighted by atomic mass is 9.99. The number of nitro groups is 1. The van der Waals surface area contributed by atoms with Crippen molar-refractivity contribution in [2.45, 2.75) is 18.7 Å². The number of hydrogen-bond donors (Lipinski definition) is 0. The molecule has 0 fully saturated rings. The number of rotatable bonds is 7. The highest BCUT2D eigenvalue weighted by Crippen LogP contribution is 2.32. The molecule has 0 atom stereocenters. The minimum atomic E-state index is -0.385. The van der Waals surface area contributed by atoms with Crippen molar-refractivity contribution in [1.29, 1.82) is 0 Å². The van der Waals surface area contributed by atoms with E-state index in [1.54, 1.807) is 26.4 Å². The smallest absolute Gasteiger partial charge is 0.269 e. The highest BCUT2D eigenvalue weighted by molar-refractivity contribution is 6.17. The topological polar surface area (TPSA) is 61.6 Å². The molecule has 0 aliphatic heterocycles. The molecule has 122 valence electrons. The van der Waals surface area contributed by atoms with Crippen LogP contribution in [0.1, 0.15) is 16.7 Å². The quantitative estimate of drug-likeness (QED) is 0.433. The summed E-state index contributed by atoms with van der Waals surface area (Å²) >= 11 is 6.02. The Morgan fingerprint density at radius 3 is 2.26 bits per heavy atom. The number of hydrogen-bond acceptors (Lipinski definition) is 4. The summed E-state index contributed by atoms with van der Waals surface area (Å²) < 4.78 is 10.6. The van der Waals surface area contributed by atoms with Crippen LogP contribution in [0.3, 0.4) is 0 Å². The second-order valence-corrected chi connectivity index (χ2v) is 5.30. The average molecular weight is 336 g/mol. The standard InChI is InChI=1S/C17H18ClNO4/c1-22-16-9-13(14(11-18)10-17(16)23-2)7-6-12-4-3-5-15(8-12)19(20)21/h3-5,8-10H,6-7,11H2,1-2H3. The minimum Gasteiger partial charge on any atom is -0.493 e. The van der Waals surface area contributed by atoms with Crippen molar-refractivity contribution < 1.29 is 14.4 Å². The first kappa shape index (κ1) is 17.1. The maximum atomic E-state index is 10.8. The predicted octanol–water partition coefficient (Wildman–Crippen LogP) is 4.14. The summed E-state index contributed by atoms with van der Waals surface area (Å²) in [5.41, 5.74) is 3.03. The number of non-ortho nitro benzene ring substituents is 1. The van der Waals surface area contributed by atoms with Crippen molar-refractivity contribution in [3.05, 3.63) is 63.2 Å². The van der Waals surface area contributed by atoms with E-state index < -0.39 is 0 Å². The van der Waals surface area contributed by atoms with Crippen LogP contribution in [0.2, 0.25) is 0 Å². The summed E-state index contributed by atoms with van der Waals surface area (Å²) in [5, 5.41) is 10.8. The molecule has 6 heteroatoms. The number of nitrogens with zero attached hydrogens (tertiary/aromatic N) is 1. The van der Waals surface area contributed by atoms with E-state index in [1.165, 1.54) is 6.07 Å². The van der Waals surface area contributed by atoms with Gasteiger partial charge in [-0.15, -0.1) is 11.6 Å². The zero-order valence-corrected chi connectivity index (χ0v) is 13.8. The molecule has 0 heterocycles. The van der Waals surface area contributed by atoms with Crippen LogP contribution in [-0.4, -0.2) is 19.1 Å². The van der Waals surface area contributed by atoms with Crippen LogP contribution >= 0.6 is 11.6 Å². The van der Waals surface area contributed by atoms with Gasteiger partial charge in [0.05, 0.1) is 19.1 Å². The molecule has 0 bridgehead atoms. The van der Waals surface area contributed by atoms with Gasteiger partial charge in [0.25, 0.3) is 5.69 Å². The molecule has 0 aromatic heterocycles. The molecule has 0 saturated heterocycles. The molecule has 0 radical (unpaired) electrons. The molecule has 0 amide bonds. The second-order valence-electron chi connectivity index (χ2n) is 5.04. The largest absolute Gasteiger partial charge is 0.493 e. The summed E-state index contributed by atoms with van der Waals surface area (Å²) in [7, 11) is 3.17. The van der Waals surface area contributed by atoms with Gasteiger partial charge in [-0.1, -0.05) is 12.1 Å². The lowest BCUT2D eigenvalue weighted by Crippen LogP contribution is -2.00. The van der Waals surface area contributed by atoms with Gasteiger partial charge in [0.15, 0.2) is 11.5 Å². The Morgan fingerprint density at radius 2 is 1.70 bits per heavy atom. The van der Waals surface area contributed by atoms with Crippen molar-refractivity contribution in [1.82, 2.24) is 0 Å². The van der Waals surface area contributed by atoms with E-state index in [0.717, 1.165) is 16.7 Å². The zero-order valence-electron chi connectivity index (χ0n) is 13.0. The van der Waals surface area contributed by atoms with Gasteiger partial charge >= 0.3 is 0 Å². The minimum absolute atomic E-state index is 0.104. The highest BCUT2D eigenvalue weighted by Gasteiger charge is 2.12. The van der Waals surface area contributed by atoms with Gasteiger partial charge in [-0.3, -0.25) is 10.1 Å². The van der Waals surface area contributed by atoms with E-state index in [2.05, 4.69) is 0 Å². The van der Waals surface area contributed by atoms with Gasteiger partial charge in [0, 0.05) is 18.0 Å². The Bertz CT molecular complexity index is 703. The van der Waals surface area contributed by atoms with Crippen LogP contribution in [0.25, 0.3) is 0 Å². The van der Waals surface area contributed by atoms with Crippen molar-refractivity contribution >= 4 is 17.3 Å². The lowest BCUT2D eigenvalue weighted by molar-refractivity contribution is -0.384. The highest BCUT2D eigenvalue weighted by atomic mass is 35.5. The normalized spacial score (nSPS) is 10.4. The zero-order chi connectivity index (χ0) is 16.8. The molecular formula is C17H18ClNO4. The number of nitro benzene ring substituents is 1. The van der Waals surface area contributed by atoms with Crippen molar-refractivity contribution in [3.8, 4) is 11.5 Å². The fourth-order valence-corrected chi connectivity index (χ4v) is 2.67. The molecule has 2 aromatic rings. The number of halogens is 1. The Morgan fingerprint density at radius 1 is 1.04 bits per heavy atom. The van der Waals surface area contributed by atoms with Gasteiger partial charge in [-0.2, -0.15) is 0 Å². The first-order valence-electron chi connectivity index (χ1n) is 7.12. The average Bonchev–Trinajstić information content (AvgIpc) is 2.59. The van der Waals surface area contributed by atoms with Crippen LogP contribution in [0.15, 0.2) is 36.4 Å². The maximum Gasteiger partial charge on any atom is 0.269 e. The molecule has 0 saturated carbocycles. The van der Waals surface area contributed by atoms with Gasteiger partial charge in [-0.25, -0.2) is 0 Å². The summed E-state index contributed by atoms with van der Waals surface area (Å²) in [6, 6.07) is 10.5. The molecule has 0 N–H and O–H groups in total. The fourth-order valence-electron chi connectivity index (χ4n) is 2.42. The summed E-state index contributed by atoms with van der Waals surface area (Å²) in [6.45, 7) is 0. The third kappa shape index (κ3) is 4.13. The molecule has 0 aliphatic rings. The molecule has 0 aliphatic carbocycles. The molecule has 2 aromatic carbocycles. The third-order valence-electron chi connectivity index (χ3n) is 3.65. The van der Waals surface area contributed by atoms with E-state index in [0.29, 0.717) is 30.2 Å². The van der Waals surface area contributed by atoms with E-state index in [1.807, 2.05) is 18.2 Å². The number of ether oxygens (including phenoxy) is 2. The summed E-state index contributed by atoms with van der Waals surface area (Å²) in [5.74, 6) is 1.66. The van der Waals surface area contributed by atoms with Crippen molar-refractivity contribution in [3.63, 3.8) is 0 Å². The van der Waals surface area contributed by atoms with E-state index in [9.17, 15) is 10.1 Å². The summed E-state index contributed by atoms with van der Waals surface area (Å²) in [6.07, 6.45) is 1.39. The van der Waals surface area contributed by atoms with Crippen LogP contribution in [0.5, 0.6) is 11.5 Å². The van der Waals surface area contributed by atoms with Gasteiger partial charge in [0.1, 0.15) is 0 Å². The molecule has 2 rings (SSSR count). The van der Waals surface area contributed by atoms with Gasteiger partial charge in [0.2, 0.25) is 0 Å². The van der Waals surface area contributed by atoms with Crippen molar-refractivity contribution in [2.24, 2.45) is 0 Å². The van der Waals surface area contributed by atoms with Crippen LogP contribution < -0.4 is 9.47 Å². The van der Waals surface area contributed by atoms with Crippen molar-refractivity contribution in [2.75, 3.05) is 14.2 Å². The van der Waals surface area contributed by atoms with E-state index in [4.69, 9.17) is 21.1 Å². The Kier molecular flexibility index (Phi) is 5.82. The van der Waals surface area contributed by atoms with E-state index >= 15 is 0 Å². The van der Waals surface area contributed by atoms with Gasteiger partial charge < -0.3 is 9.47 Å². The molecule has 0 spiro atoms. The number of methoxy groups -OCH3 is 2. The lowest BCUT2D eigenvalue weighted by Gasteiger charge is -2.13. The molecule has 0 unspecified atom stereocenters.